The topological polar surface area (TPSA) is 107 Å². The number of nitro groups is 1. The van der Waals surface area contributed by atoms with Crippen LogP contribution in [-0.2, 0) is 10.0 Å². The Morgan fingerprint density at radius 2 is 1.62 bits per heavy atom. The highest BCUT2D eigenvalue weighted by Crippen LogP contribution is 2.29. The number of nitrogens with zero attached hydrogens (tertiary/aromatic N) is 2. The van der Waals surface area contributed by atoms with Crippen LogP contribution in [0, 0.1) is 24.0 Å². The minimum Gasteiger partial charge on any atom is -0.494 e. The third-order valence-corrected chi connectivity index (χ3v) is 6.49. The van der Waals surface area contributed by atoms with E-state index >= 15 is 0 Å². The van der Waals surface area contributed by atoms with Crippen LogP contribution in [0.3, 0.4) is 0 Å². The zero-order valence-corrected chi connectivity index (χ0v) is 18.6. The molecule has 0 spiro atoms. The van der Waals surface area contributed by atoms with Crippen LogP contribution >= 0.6 is 0 Å². The fraction of sp³-hybridized carbons (Fsp3) is 0.174. The number of aryl methyl sites for hydroxylation is 2. The maximum Gasteiger partial charge on any atom is 0.272 e. The molecule has 0 heterocycles. The molecular weight excluding hydrogens is 432 g/mol. The van der Waals surface area contributed by atoms with Crippen molar-refractivity contribution < 1.29 is 22.9 Å². The van der Waals surface area contributed by atoms with Crippen LogP contribution in [0.25, 0.3) is 0 Å². The maximum absolute atomic E-state index is 13.5. The van der Waals surface area contributed by atoms with Gasteiger partial charge in [-0.25, -0.2) is 8.42 Å². The van der Waals surface area contributed by atoms with Gasteiger partial charge >= 0.3 is 0 Å². The van der Waals surface area contributed by atoms with E-state index in [4.69, 9.17) is 4.74 Å². The highest BCUT2D eigenvalue weighted by atomic mass is 32.2. The summed E-state index contributed by atoms with van der Waals surface area (Å²) in [6.07, 6.45) is 0. The first kappa shape index (κ1) is 23.0. The summed E-state index contributed by atoms with van der Waals surface area (Å²) >= 11 is 0. The van der Waals surface area contributed by atoms with Gasteiger partial charge in [-0.05, 0) is 69.3 Å². The molecule has 0 fully saturated rings. The summed E-state index contributed by atoms with van der Waals surface area (Å²) in [7, 11) is -4.27. The van der Waals surface area contributed by atoms with Crippen LogP contribution < -0.4 is 9.04 Å². The molecule has 3 aromatic carbocycles. The third-order valence-electron chi connectivity index (χ3n) is 4.77. The van der Waals surface area contributed by atoms with Gasteiger partial charge < -0.3 is 4.74 Å². The van der Waals surface area contributed by atoms with Crippen molar-refractivity contribution in [2.45, 2.75) is 25.7 Å². The normalized spacial score (nSPS) is 11.1. The van der Waals surface area contributed by atoms with Crippen LogP contribution in [-0.4, -0.2) is 25.9 Å². The van der Waals surface area contributed by atoms with Crippen molar-refractivity contribution in [2.24, 2.45) is 0 Å². The van der Waals surface area contributed by atoms with Gasteiger partial charge in [0.05, 0.1) is 22.1 Å². The molecule has 0 aliphatic rings. The lowest BCUT2D eigenvalue weighted by Crippen LogP contribution is -2.37. The Balaban J connectivity index is 2.13. The molecule has 9 heteroatoms. The second-order valence-electron chi connectivity index (χ2n) is 7.07. The SMILES string of the molecule is CCOc1ccc(N(C(=O)c2ccc([N+](=O)[O-])c(C)c2)S(=O)(=O)c2ccc(C)cc2)cc1. The Labute approximate surface area is 186 Å². The highest BCUT2D eigenvalue weighted by molar-refractivity contribution is 7.93. The molecule has 0 radical (unpaired) electrons. The van der Waals surface area contributed by atoms with Gasteiger partial charge in [0.25, 0.3) is 21.6 Å². The zero-order chi connectivity index (χ0) is 23.5. The van der Waals surface area contributed by atoms with E-state index in [0.29, 0.717) is 16.7 Å². The lowest BCUT2D eigenvalue weighted by Gasteiger charge is -2.23. The number of rotatable bonds is 7. The van der Waals surface area contributed by atoms with Gasteiger partial charge in [-0.15, -0.1) is 0 Å². The molecule has 8 nitrogen and oxygen atoms in total. The first-order chi connectivity index (χ1) is 15.1. The van der Waals surface area contributed by atoms with Crippen molar-refractivity contribution in [1.82, 2.24) is 0 Å². The van der Waals surface area contributed by atoms with Crippen molar-refractivity contribution in [2.75, 3.05) is 10.9 Å². The second kappa shape index (κ2) is 9.19. The number of nitro benzene ring substituents is 1. The summed E-state index contributed by atoms with van der Waals surface area (Å²) in [4.78, 5) is 23.9. The average molecular weight is 455 g/mol. The second-order valence-corrected chi connectivity index (χ2v) is 8.86. The number of hydrogen-bond donors (Lipinski definition) is 0. The molecule has 0 bridgehead atoms. The van der Waals surface area contributed by atoms with Gasteiger partial charge in [0, 0.05) is 17.2 Å². The Morgan fingerprint density at radius 1 is 1.00 bits per heavy atom. The average Bonchev–Trinajstić information content (AvgIpc) is 2.75. The van der Waals surface area contributed by atoms with E-state index in [2.05, 4.69) is 0 Å². The first-order valence-corrected chi connectivity index (χ1v) is 11.2. The van der Waals surface area contributed by atoms with E-state index in [-0.39, 0.29) is 27.4 Å². The molecule has 0 N–H and O–H groups in total. The van der Waals surface area contributed by atoms with Gasteiger partial charge in [-0.3, -0.25) is 14.9 Å². The molecule has 0 aliphatic heterocycles. The van der Waals surface area contributed by atoms with Gasteiger partial charge in [0.1, 0.15) is 5.75 Å². The molecular formula is C23H22N2O6S. The number of ether oxygens (including phenoxy) is 1. The maximum atomic E-state index is 13.5. The van der Waals surface area contributed by atoms with E-state index in [1.54, 1.807) is 24.3 Å². The fourth-order valence-electron chi connectivity index (χ4n) is 3.14. The quantitative estimate of drug-likeness (QED) is 0.380. The minimum atomic E-state index is -4.27. The van der Waals surface area contributed by atoms with Crippen molar-refractivity contribution in [3.05, 3.63) is 93.5 Å². The van der Waals surface area contributed by atoms with Gasteiger partial charge in [-0.1, -0.05) is 17.7 Å². The Hall–Kier alpha value is -3.72. The summed E-state index contributed by atoms with van der Waals surface area (Å²) in [5.41, 5.74) is 1.09. The Kier molecular flexibility index (Phi) is 6.59. The fourth-order valence-corrected chi connectivity index (χ4v) is 4.55. The lowest BCUT2D eigenvalue weighted by atomic mass is 10.1. The molecule has 1 amide bonds. The summed E-state index contributed by atoms with van der Waals surface area (Å²) in [5, 5.41) is 11.1. The number of amides is 1. The van der Waals surface area contributed by atoms with E-state index in [0.717, 1.165) is 5.56 Å². The number of benzene rings is 3. The summed E-state index contributed by atoms with van der Waals surface area (Å²) in [6.45, 7) is 5.57. The van der Waals surface area contributed by atoms with Gasteiger partial charge in [-0.2, -0.15) is 4.31 Å². The van der Waals surface area contributed by atoms with Crippen LogP contribution in [0.15, 0.2) is 71.6 Å². The van der Waals surface area contributed by atoms with Crippen LogP contribution in [0.1, 0.15) is 28.4 Å². The molecule has 0 saturated heterocycles. The predicted octanol–water partition coefficient (Wildman–Crippen LogP) is 4.65. The molecule has 0 aromatic heterocycles. The van der Waals surface area contributed by atoms with E-state index in [9.17, 15) is 23.3 Å². The van der Waals surface area contributed by atoms with Crippen molar-refractivity contribution in [1.29, 1.82) is 0 Å². The van der Waals surface area contributed by atoms with Gasteiger partial charge in [0.15, 0.2) is 0 Å². The summed E-state index contributed by atoms with van der Waals surface area (Å²) < 4.78 is 33.1. The summed E-state index contributed by atoms with van der Waals surface area (Å²) in [6, 6.07) is 16.0. The zero-order valence-electron chi connectivity index (χ0n) is 17.8. The summed E-state index contributed by atoms with van der Waals surface area (Å²) in [5.74, 6) is -0.296. The number of carbonyl (C=O) groups excluding carboxylic acids is 1. The van der Waals surface area contributed by atoms with Crippen LogP contribution in [0.4, 0.5) is 11.4 Å². The standard InChI is InChI=1S/C23H22N2O6S/c1-4-31-20-10-8-19(9-11-20)24(32(29,30)21-12-5-16(2)6-13-21)23(26)18-7-14-22(25(27)28)17(3)15-18/h5-15H,4H2,1-3H3. The molecule has 0 saturated carbocycles. The van der Waals surface area contributed by atoms with E-state index in [1.165, 1.54) is 49.4 Å². The molecule has 0 aliphatic carbocycles. The van der Waals surface area contributed by atoms with Crippen molar-refractivity contribution in [3.63, 3.8) is 0 Å². The third kappa shape index (κ3) is 4.62. The molecule has 32 heavy (non-hydrogen) atoms. The first-order valence-electron chi connectivity index (χ1n) is 9.79. The number of anilines is 1. The molecule has 3 aromatic rings. The van der Waals surface area contributed by atoms with E-state index in [1.807, 2.05) is 13.8 Å². The van der Waals surface area contributed by atoms with Crippen molar-refractivity contribution in [3.8, 4) is 5.75 Å². The number of carbonyl (C=O) groups is 1. The monoisotopic (exact) mass is 454 g/mol. The Morgan fingerprint density at radius 3 is 2.16 bits per heavy atom. The number of sulfonamides is 1. The molecule has 0 atom stereocenters. The van der Waals surface area contributed by atoms with Crippen LogP contribution in [0.5, 0.6) is 5.75 Å². The van der Waals surface area contributed by atoms with Crippen LogP contribution in [0.2, 0.25) is 0 Å². The molecule has 0 unspecified atom stereocenters. The number of hydrogen-bond acceptors (Lipinski definition) is 6. The Bertz CT molecular complexity index is 1250. The van der Waals surface area contributed by atoms with E-state index < -0.39 is 20.9 Å². The largest absolute Gasteiger partial charge is 0.494 e. The lowest BCUT2D eigenvalue weighted by molar-refractivity contribution is -0.385. The molecule has 166 valence electrons. The smallest absolute Gasteiger partial charge is 0.272 e. The van der Waals surface area contributed by atoms with Crippen molar-refractivity contribution >= 4 is 27.3 Å². The molecule has 3 rings (SSSR count). The predicted molar refractivity (Wildman–Crippen MR) is 121 cm³/mol. The highest BCUT2D eigenvalue weighted by Gasteiger charge is 2.32. The minimum absolute atomic E-state index is 0.0117. The van der Waals surface area contributed by atoms with Gasteiger partial charge in [0.2, 0.25) is 0 Å².